The molecule has 0 unspecified atom stereocenters. The van der Waals surface area contributed by atoms with E-state index >= 15 is 0 Å². The monoisotopic (exact) mass is 236 g/mol. The number of carbonyl (C=O) groups excluding carboxylic acids is 1. The second kappa shape index (κ2) is 5.36. The lowest BCUT2D eigenvalue weighted by molar-refractivity contribution is -0.136. The summed E-state index contributed by atoms with van der Waals surface area (Å²) in [6, 6.07) is 4.18. The van der Waals surface area contributed by atoms with Gasteiger partial charge in [-0.15, -0.1) is 0 Å². The minimum Gasteiger partial charge on any atom is -0.467 e. The fourth-order valence-electron chi connectivity index (χ4n) is 2.38. The zero-order valence-corrected chi connectivity index (χ0v) is 10.5. The summed E-state index contributed by atoms with van der Waals surface area (Å²) < 4.78 is 5.26. The summed E-state index contributed by atoms with van der Waals surface area (Å²) in [5, 5.41) is 3.36. The first-order chi connectivity index (χ1) is 8.16. The van der Waals surface area contributed by atoms with Crippen molar-refractivity contribution >= 4 is 5.91 Å². The molecule has 1 saturated heterocycles. The minimum absolute atomic E-state index is 0.159. The van der Waals surface area contributed by atoms with Crippen LogP contribution in [-0.4, -0.2) is 30.4 Å². The molecule has 1 N–H and O–H groups in total. The van der Waals surface area contributed by atoms with Crippen LogP contribution in [0.3, 0.4) is 0 Å². The van der Waals surface area contributed by atoms with E-state index in [4.69, 9.17) is 4.42 Å². The van der Waals surface area contributed by atoms with Crippen molar-refractivity contribution in [1.82, 2.24) is 10.2 Å². The summed E-state index contributed by atoms with van der Waals surface area (Å²) in [5.41, 5.74) is 0. The summed E-state index contributed by atoms with van der Waals surface area (Å²) in [6.07, 6.45) is 3.51. The predicted octanol–water partition coefficient (Wildman–Crippen LogP) is 1.63. The highest BCUT2D eigenvalue weighted by Gasteiger charge is 2.27. The molecule has 1 aliphatic rings. The van der Waals surface area contributed by atoms with Gasteiger partial charge in [0, 0.05) is 19.0 Å². The molecule has 1 fully saturated rings. The molecule has 94 valence electrons. The Morgan fingerprint density at radius 3 is 3.12 bits per heavy atom. The Kier molecular flexibility index (Phi) is 3.84. The first-order valence-electron chi connectivity index (χ1n) is 6.17. The van der Waals surface area contributed by atoms with E-state index in [0.29, 0.717) is 12.6 Å². The van der Waals surface area contributed by atoms with Crippen LogP contribution in [0.15, 0.2) is 22.8 Å². The van der Waals surface area contributed by atoms with E-state index in [2.05, 4.69) is 12.2 Å². The molecular formula is C13H20N2O2. The highest BCUT2D eigenvalue weighted by molar-refractivity contribution is 5.78. The predicted molar refractivity (Wildman–Crippen MR) is 65.4 cm³/mol. The van der Waals surface area contributed by atoms with Crippen LogP contribution in [-0.2, 0) is 11.3 Å². The molecule has 0 saturated carbocycles. The van der Waals surface area contributed by atoms with Crippen LogP contribution in [0, 0.1) is 5.92 Å². The van der Waals surface area contributed by atoms with E-state index < -0.39 is 0 Å². The number of nitrogens with one attached hydrogen (secondary N) is 1. The van der Waals surface area contributed by atoms with Crippen molar-refractivity contribution in [3.8, 4) is 0 Å². The molecular weight excluding hydrogens is 216 g/mol. The van der Waals surface area contributed by atoms with Crippen LogP contribution in [0.4, 0.5) is 0 Å². The van der Waals surface area contributed by atoms with Gasteiger partial charge >= 0.3 is 0 Å². The van der Waals surface area contributed by atoms with Crippen molar-refractivity contribution < 1.29 is 9.21 Å². The number of hydrogen-bond acceptors (Lipinski definition) is 3. The Morgan fingerprint density at radius 1 is 1.65 bits per heavy atom. The van der Waals surface area contributed by atoms with Gasteiger partial charge in [0.05, 0.1) is 12.8 Å². The van der Waals surface area contributed by atoms with Gasteiger partial charge in [-0.1, -0.05) is 0 Å². The molecule has 17 heavy (non-hydrogen) atoms. The van der Waals surface area contributed by atoms with Gasteiger partial charge in [0.2, 0.25) is 5.91 Å². The van der Waals surface area contributed by atoms with E-state index in [1.54, 1.807) is 11.2 Å². The third-order valence-corrected chi connectivity index (χ3v) is 3.32. The summed E-state index contributed by atoms with van der Waals surface area (Å²) in [6.45, 7) is 3.63. The average Bonchev–Trinajstić information content (AvgIpc) is 2.80. The Labute approximate surface area is 102 Å². The van der Waals surface area contributed by atoms with Crippen LogP contribution in [0.25, 0.3) is 0 Å². The van der Waals surface area contributed by atoms with Gasteiger partial charge in [-0.3, -0.25) is 4.79 Å². The number of nitrogens with zero attached hydrogens (tertiary/aromatic N) is 1. The molecule has 0 spiro atoms. The maximum atomic E-state index is 12.2. The first kappa shape index (κ1) is 12.2. The molecule has 1 amide bonds. The zero-order valence-electron chi connectivity index (χ0n) is 10.5. The quantitative estimate of drug-likeness (QED) is 0.867. The molecule has 0 bridgehead atoms. The largest absolute Gasteiger partial charge is 0.467 e. The normalized spacial score (nSPS) is 24.6. The topological polar surface area (TPSA) is 45.5 Å². The first-order valence-corrected chi connectivity index (χ1v) is 6.17. The van der Waals surface area contributed by atoms with Gasteiger partial charge in [-0.25, -0.2) is 0 Å². The molecule has 1 aromatic rings. The SMILES string of the molecule is C[C@H]1C[C@@H](C(=O)N(C)Cc2ccco2)CCN1. The smallest absolute Gasteiger partial charge is 0.225 e. The van der Waals surface area contributed by atoms with E-state index in [0.717, 1.165) is 25.1 Å². The van der Waals surface area contributed by atoms with E-state index in [9.17, 15) is 4.79 Å². The molecule has 1 aliphatic heterocycles. The molecule has 2 atom stereocenters. The van der Waals surface area contributed by atoms with Gasteiger partial charge in [0.15, 0.2) is 0 Å². The molecule has 2 heterocycles. The second-order valence-electron chi connectivity index (χ2n) is 4.85. The fourth-order valence-corrected chi connectivity index (χ4v) is 2.38. The average molecular weight is 236 g/mol. The number of piperidine rings is 1. The van der Waals surface area contributed by atoms with Crippen molar-refractivity contribution in [3.63, 3.8) is 0 Å². The summed E-state index contributed by atoms with van der Waals surface area (Å²) in [5.74, 6) is 1.23. The van der Waals surface area contributed by atoms with Crippen LogP contribution in [0.2, 0.25) is 0 Å². The summed E-state index contributed by atoms with van der Waals surface area (Å²) in [4.78, 5) is 14.0. The zero-order chi connectivity index (χ0) is 12.3. The third-order valence-electron chi connectivity index (χ3n) is 3.32. The third kappa shape index (κ3) is 3.09. The highest BCUT2D eigenvalue weighted by atomic mass is 16.3. The highest BCUT2D eigenvalue weighted by Crippen LogP contribution is 2.19. The number of amides is 1. The Morgan fingerprint density at radius 2 is 2.47 bits per heavy atom. The van der Waals surface area contributed by atoms with Crippen LogP contribution >= 0.6 is 0 Å². The Bertz CT molecular complexity index is 362. The number of rotatable bonds is 3. The standard InChI is InChI=1S/C13H20N2O2/c1-10-8-11(5-6-14-10)13(16)15(2)9-12-4-3-7-17-12/h3-4,7,10-11,14H,5-6,8-9H2,1-2H3/t10-,11-/m0/s1. The van der Waals surface area contributed by atoms with E-state index in [1.807, 2.05) is 19.2 Å². The molecule has 4 nitrogen and oxygen atoms in total. The van der Waals surface area contributed by atoms with Gasteiger partial charge in [-0.2, -0.15) is 0 Å². The molecule has 0 radical (unpaired) electrons. The maximum Gasteiger partial charge on any atom is 0.225 e. The van der Waals surface area contributed by atoms with Crippen molar-refractivity contribution in [2.24, 2.45) is 5.92 Å². The van der Waals surface area contributed by atoms with Crippen molar-refractivity contribution in [2.45, 2.75) is 32.4 Å². The van der Waals surface area contributed by atoms with Crippen LogP contribution in [0.1, 0.15) is 25.5 Å². The van der Waals surface area contributed by atoms with Gasteiger partial charge in [-0.05, 0) is 38.4 Å². The summed E-state index contributed by atoms with van der Waals surface area (Å²) >= 11 is 0. The maximum absolute atomic E-state index is 12.2. The lowest BCUT2D eigenvalue weighted by atomic mass is 9.92. The van der Waals surface area contributed by atoms with Crippen molar-refractivity contribution in [2.75, 3.05) is 13.6 Å². The van der Waals surface area contributed by atoms with Crippen LogP contribution in [0.5, 0.6) is 0 Å². The molecule has 0 aromatic carbocycles. The molecule has 0 aliphatic carbocycles. The fraction of sp³-hybridized carbons (Fsp3) is 0.615. The lowest BCUT2D eigenvalue weighted by Gasteiger charge is -2.30. The van der Waals surface area contributed by atoms with Gasteiger partial charge in [0.1, 0.15) is 5.76 Å². The molecule has 1 aromatic heterocycles. The van der Waals surface area contributed by atoms with Crippen LogP contribution < -0.4 is 5.32 Å². The lowest BCUT2D eigenvalue weighted by Crippen LogP contribution is -2.42. The van der Waals surface area contributed by atoms with Gasteiger partial charge in [0.25, 0.3) is 0 Å². The van der Waals surface area contributed by atoms with Crippen molar-refractivity contribution in [3.05, 3.63) is 24.2 Å². The molecule has 2 rings (SSSR count). The molecule has 4 heteroatoms. The van der Waals surface area contributed by atoms with E-state index in [1.165, 1.54) is 0 Å². The van der Waals surface area contributed by atoms with E-state index in [-0.39, 0.29) is 11.8 Å². The minimum atomic E-state index is 0.159. The number of hydrogen-bond donors (Lipinski definition) is 1. The summed E-state index contributed by atoms with van der Waals surface area (Å²) in [7, 11) is 1.84. The number of carbonyl (C=O) groups is 1. The Hall–Kier alpha value is -1.29. The Balaban J connectivity index is 1.90. The second-order valence-corrected chi connectivity index (χ2v) is 4.85. The van der Waals surface area contributed by atoms with Gasteiger partial charge < -0.3 is 14.6 Å². The number of furan rings is 1. The van der Waals surface area contributed by atoms with Crippen molar-refractivity contribution in [1.29, 1.82) is 0 Å².